The van der Waals surface area contributed by atoms with Crippen LogP contribution in [-0.4, -0.2) is 40.9 Å². The Morgan fingerprint density at radius 1 is 1.33 bits per heavy atom. The molecule has 2 aliphatic rings. The van der Waals surface area contributed by atoms with Gasteiger partial charge in [-0.2, -0.15) is 0 Å². The van der Waals surface area contributed by atoms with Crippen molar-refractivity contribution in [2.75, 3.05) is 18.4 Å². The van der Waals surface area contributed by atoms with Crippen LogP contribution in [0.4, 0.5) is 10.1 Å². The lowest BCUT2D eigenvalue weighted by Gasteiger charge is -2.28. The first-order valence-corrected chi connectivity index (χ1v) is 9.00. The Hall–Kier alpha value is -2.80. The van der Waals surface area contributed by atoms with Crippen molar-refractivity contribution in [1.29, 1.82) is 0 Å². The van der Waals surface area contributed by atoms with Crippen molar-refractivity contribution >= 4 is 17.5 Å². The Balaban J connectivity index is 1.41. The van der Waals surface area contributed by atoms with E-state index in [0.29, 0.717) is 30.9 Å². The molecule has 0 saturated carbocycles. The molecule has 1 fully saturated rings. The molecule has 0 aliphatic carbocycles. The van der Waals surface area contributed by atoms with Crippen LogP contribution in [-0.2, 0) is 20.9 Å². The summed E-state index contributed by atoms with van der Waals surface area (Å²) < 4.78 is 19.3. The van der Waals surface area contributed by atoms with Gasteiger partial charge in [0, 0.05) is 31.4 Å². The van der Waals surface area contributed by atoms with Crippen LogP contribution in [0.15, 0.2) is 42.6 Å². The second kappa shape index (κ2) is 7.44. The van der Waals surface area contributed by atoms with Crippen molar-refractivity contribution in [1.82, 2.24) is 9.88 Å². The SMILES string of the molecule is O=C1C[C@@H](C(=O)N2CC[C@@H](OCc3ccccn3)C2)c2ccc(F)cc2N1. The van der Waals surface area contributed by atoms with Gasteiger partial charge >= 0.3 is 0 Å². The number of amides is 2. The average molecular weight is 369 g/mol. The largest absolute Gasteiger partial charge is 0.370 e. The van der Waals surface area contributed by atoms with Crippen LogP contribution >= 0.6 is 0 Å². The third-order valence-electron chi connectivity index (χ3n) is 5.00. The van der Waals surface area contributed by atoms with E-state index in [4.69, 9.17) is 4.74 Å². The Morgan fingerprint density at radius 3 is 3.04 bits per heavy atom. The van der Waals surface area contributed by atoms with E-state index >= 15 is 0 Å². The smallest absolute Gasteiger partial charge is 0.230 e. The molecule has 27 heavy (non-hydrogen) atoms. The molecule has 2 aromatic rings. The predicted octanol–water partition coefficient (Wildman–Crippen LogP) is 2.46. The Bertz CT molecular complexity index is 859. The number of nitrogens with one attached hydrogen (secondary N) is 1. The molecule has 2 amide bonds. The van der Waals surface area contributed by atoms with Crippen LogP contribution in [0.25, 0.3) is 0 Å². The fourth-order valence-electron chi connectivity index (χ4n) is 3.63. The van der Waals surface area contributed by atoms with Gasteiger partial charge in [0.15, 0.2) is 0 Å². The third kappa shape index (κ3) is 3.83. The molecular formula is C20H20FN3O3. The quantitative estimate of drug-likeness (QED) is 0.899. The number of likely N-dealkylation sites (tertiary alicyclic amines) is 1. The van der Waals surface area contributed by atoms with Crippen LogP contribution < -0.4 is 5.32 Å². The summed E-state index contributed by atoms with van der Waals surface area (Å²) in [5.74, 6) is -1.40. The minimum atomic E-state index is -0.580. The fraction of sp³-hybridized carbons (Fsp3) is 0.350. The van der Waals surface area contributed by atoms with Gasteiger partial charge in [-0.15, -0.1) is 0 Å². The molecule has 0 unspecified atom stereocenters. The van der Waals surface area contributed by atoms with E-state index in [0.717, 1.165) is 12.1 Å². The number of hydrogen-bond acceptors (Lipinski definition) is 4. The highest BCUT2D eigenvalue weighted by atomic mass is 19.1. The van der Waals surface area contributed by atoms with Crippen LogP contribution in [0.5, 0.6) is 0 Å². The van der Waals surface area contributed by atoms with Crippen molar-refractivity contribution in [2.45, 2.75) is 31.5 Å². The van der Waals surface area contributed by atoms with Crippen molar-refractivity contribution in [3.8, 4) is 0 Å². The molecule has 7 heteroatoms. The maximum absolute atomic E-state index is 13.5. The van der Waals surface area contributed by atoms with E-state index in [2.05, 4.69) is 10.3 Å². The van der Waals surface area contributed by atoms with Crippen LogP contribution in [0.2, 0.25) is 0 Å². The zero-order valence-electron chi connectivity index (χ0n) is 14.7. The number of fused-ring (bicyclic) bond motifs is 1. The average Bonchev–Trinajstić information content (AvgIpc) is 3.14. The number of pyridine rings is 1. The Labute approximate surface area is 156 Å². The van der Waals surface area contributed by atoms with E-state index < -0.39 is 11.7 Å². The van der Waals surface area contributed by atoms with Crippen LogP contribution in [0.1, 0.15) is 30.0 Å². The van der Waals surface area contributed by atoms with Gasteiger partial charge in [0.25, 0.3) is 0 Å². The Kier molecular flexibility index (Phi) is 4.85. The van der Waals surface area contributed by atoms with Crippen LogP contribution in [0, 0.1) is 5.82 Å². The lowest BCUT2D eigenvalue weighted by atomic mass is 9.89. The number of carbonyl (C=O) groups is 2. The highest BCUT2D eigenvalue weighted by Gasteiger charge is 2.36. The van der Waals surface area contributed by atoms with Gasteiger partial charge in [-0.3, -0.25) is 14.6 Å². The molecule has 3 heterocycles. The topological polar surface area (TPSA) is 71.5 Å². The van der Waals surface area contributed by atoms with Crippen LogP contribution in [0.3, 0.4) is 0 Å². The predicted molar refractivity (Wildman–Crippen MR) is 96.4 cm³/mol. The highest BCUT2D eigenvalue weighted by molar-refractivity contribution is 6.01. The lowest BCUT2D eigenvalue weighted by Crippen LogP contribution is -2.38. The summed E-state index contributed by atoms with van der Waals surface area (Å²) in [4.78, 5) is 30.9. The summed E-state index contributed by atoms with van der Waals surface area (Å²) in [7, 11) is 0. The van der Waals surface area contributed by atoms with Gasteiger partial charge in [0.05, 0.1) is 24.3 Å². The molecule has 6 nitrogen and oxygen atoms in total. The lowest BCUT2D eigenvalue weighted by molar-refractivity contribution is -0.134. The summed E-state index contributed by atoms with van der Waals surface area (Å²) in [6.07, 6.45) is 2.49. The number of hydrogen-bond donors (Lipinski definition) is 1. The zero-order valence-corrected chi connectivity index (χ0v) is 14.7. The normalized spacial score (nSPS) is 21.7. The number of aromatic nitrogens is 1. The summed E-state index contributed by atoms with van der Waals surface area (Å²) in [5.41, 5.74) is 1.90. The number of nitrogens with zero attached hydrogens (tertiary/aromatic N) is 2. The monoisotopic (exact) mass is 369 g/mol. The second-order valence-electron chi connectivity index (χ2n) is 6.86. The van der Waals surface area contributed by atoms with Gasteiger partial charge in [-0.1, -0.05) is 12.1 Å². The summed E-state index contributed by atoms with van der Waals surface area (Å²) in [6.45, 7) is 1.47. The Morgan fingerprint density at radius 2 is 2.22 bits per heavy atom. The van der Waals surface area contributed by atoms with E-state index in [1.165, 1.54) is 12.1 Å². The first-order valence-electron chi connectivity index (χ1n) is 9.00. The molecular weight excluding hydrogens is 349 g/mol. The van der Waals surface area contributed by atoms with Crippen molar-refractivity contribution < 1.29 is 18.7 Å². The molecule has 4 rings (SSSR count). The molecule has 2 aliphatic heterocycles. The first kappa shape index (κ1) is 17.6. The van der Waals surface area contributed by atoms with Crippen molar-refractivity contribution in [2.24, 2.45) is 0 Å². The number of ether oxygens (including phenoxy) is 1. The standard InChI is InChI=1S/C20H20FN3O3/c21-13-4-5-16-17(10-19(25)23-18(16)9-13)20(26)24-8-6-15(11-24)27-12-14-3-1-2-7-22-14/h1-5,7,9,15,17H,6,8,10-12H2,(H,23,25)/t15-,17-/m1/s1. The van der Waals surface area contributed by atoms with Gasteiger partial charge in [-0.05, 0) is 36.2 Å². The van der Waals surface area contributed by atoms with E-state index in [1.54, 1.807) is 17.2 Å². The summed E-state index contributed by atoms with van der Waals surface area (Å²) in [5, 5.41) is 2.64. The fourth-order valence-corrected chi connectivity index (χ4v) is 3.63. The number of rotatable bonds is 4. The van der Waals surface area contributed by atoms with Gasteiger partial charge in [-0.25, -0.2) is 4.39 Å². The van der Waals surface area contributed by atoms with Gasteiger partial charge in [0.1, 0.15) is 5.82 Å². The maximum atomic E-state index is 13.5. The van der Waals surface area contributed by atoms with Gasteiger partial charge in [0.2, 0.25) is 11.8 Å². The molecule has 140 valence electrons. The van der Waals surface area contributed by atoms with Gasteiger partial charge < -0.3 is 15.0 Å². The first-order chi connectivity index (χ1) is 13.1. The number of halogens is 1. The molecule has 0 bridgehead atoms. The molecule has 2 atom stereocenters. The minimum Gasteiger partial charge on any atom is -0.370 e. The molecule has 1 aromatic heterocycles. The number of anilines is 1. The summed E-state index contributed by atoms with van der Waals surface area (Å²) in [6, 6.07) is 9.81. The second-order valence-corrected chi connectivity index (χ2v) is 6.86. The number of benzene rings is 1. The molecule has 0 spiro atoms. The number of carbonyl (C=O) groups excluding carboxylic acids is 2. The maximum Gasteiger partial charge on any atom is 0.230 e. The van der Waals surface area contributed by atoms with Crippen molar-refractivity contribution in [3.05, 3.63) is 59.7 Å². The molecule has 0 radical (unpaired) electrons. The minimum absolute atomic E-state index is 0.0546. The third-order valence-corrected chi connectivity index (χ3v) is 5.00. The van der Waals surface area contributed by atoms with E-state index in [-0.39, 0.29) is 24.3 Å². The van der Waals surface area contributed by atoms with E-state index in [1.807, 2.05) is 18.2 Å². The molecule has 1 N–H and O–H groups in total. The molecule has 1 saturated heterocycles. The molecule has 1 aromatic carbocycles. The summed E-state index contributed by atoms with van der Waals surface area (Å²) >= 11 is 0. The zero-order chi connectivity index (χ0) is 18.8. The highest BCUT2D eigenvalue weighted by Crippen LogP contribution is 2.35. The van der Waals surface area contributed by atoms with Crippen molar-refractivity contribution in [3.63, 3.8) is 0 Å². The van der Waals surface area contributed by atoms with E-state index in [9.17, 15) is 14.0 Å².